The summed E-state index contributed by atoms with van der Waals surface area (Å²) in [5.41, 5.74) is 8.72. The van der Waals surface area contributed by atoms with E-state index in [9.17, 15) is 19.5 Å². The van der Waals surface area contributed by atoms with Crippen LogP contribution < -0.4 is 10.6 Å². The molecule has 0 unspecified atom stereocenters. The van der Waals surface area contributed by atoms with Gasteiger partial charge >= 0.3 is 6.03 Å². The number of imidazole rings is 1. The lowest BCUT2D eigenvalue weighted by Gasteiger charge is -2.22. The van der Waals surface area contributed by atoms with Crippen LogP contribution in [-0.4, -0.2) is 54.4 Å². The van der Waals surface area contributed by atoms with E-state index in [1.54, 1.807) is 0 Å². The van der Waals surface area contributed by atoms with Crippen molar-refractivity contribution in [3.05, 3.63) is 28.7 Å². The van der Waals surface area contributed by atoms with Crippen molar-refractivity contribution in [2.45, 2.75) is 6.54 Å². The van der Waals surface area contributed by atoms with Gasteiger partial charge in [0.15, 0.2) is 17.1 Å². The first-order valence-electron chi connectivity index (χ1n) is 6.98. The number of aromatic hydroxyl groups is 1. The highest BCUT2D eigenvalue weighted by Gasteiger charge is 2.25. The highest BCUT2D eigenvalue weighted by atomic mass is 16.3. The van der Waals surface area contributed by atoms with E-state index in [4.69, 9.17) is 5.53 Å². The summed E-state index contributed by atoms with van der Waals surface area (Å²) in [7, 11) is 0. The average molecular weight is 357 g/mol. The van der Waals surface area contributed by atoms with Gasteiger partial charge in [0, 0.05) is 18.0 Å². The van der Waals surface area contributed by atoms with Crippen molar-refractivity contribution < 1.29 is 19.5 Å². The van der Waals surface area contributed by atoms with Gasteiger partial charge in [-0.15, -0.1) is 0 Å². The van der Waals surface area contributed by atoms with Gasteiger partial charge in [-0.05, 0) is 10.6 Å². The van der Waals surface area contributed by atoms with Crippen LogP contribution in [0.4, 0.5) is 10.7 Å². The molecule has 2 N–H and O–H groups in total. The Morgan fingerprint density at radius 1 is 1.42 bits per heavy atom. The maximum Gasteiger partial charge on any atom is 0.347 e. The number of carbonyl (C=O) groups is 3. The standard InChI is InChI=1S/C12H9N10O4/c13-20-19-11-17-7-8(15-4-16-10(7)25)22(11)2-1-21(5-23)6-3-14-12(26)18-9(6)24/h3-5H,1-2H2,(H,15,16,25)(H,18,24,26). The van der Waals surface area contributed by atoms with Gasteiger partial charge in [0.1, 0.15) is 12.0 Å². The monoisotopic (exact) mass is 357 g/mol. The van der Waals surface area contributed by atoms with Gasteiger partial charge < -0.3 is 14.6 Å². The molecule has 131 valence electrons. The summed E-state index contributed by atoms with van der Waals surface area (Å²) in [4.78, 5) is 49.3. The molecule has 0 spiro atoms. The Morgan fingerprint density at radius 3 is 2.92 bits per heavy atom. The number of hydrogen-bond donors (Lipinski definition) is 2. The number of imide groups is 1. The topological polar surface area (TPSA) is 193 Å². The summed E-state index contributed by atoms with van der Waals surface area (Å²) in [6, 6.07) is -0.831. The van der Waals surface area contributed by atoms with Crippen molar-refractivity contribution in [1.82, 2.24) is 35.1 Å². The third-order valence-corrected chi connectivity index (χ3v) is 3.39. The molecule has 0 aromatic carbocycles. The second-order valence-corrected chi connectivity index (χ2v) is 4.82. The number of carbonyl (C=O) groups excluding carboxylic acids is 3. The van der Waals surface area contributed by atoms with Crippen molar-refractivity contribution in [2.24, 2.45) is 5.11 Å². The Balaban J connectivity index is 1.91. The van der Waals surface area contributed by atoms with Crippen LogP contribution in [-0.2, 0) is 16.1 Å². The average Bonchev–Trinajstić information content (AvgIpc) is 2.96. The van der Waals surface area contributed by atoms with Crippen molar-refractivity contribution in [3.63, 3.8) is 0 Å². The summed E-state index contributed by atoms with van der Waals surface area (Å²) in [5, 5.41) is 18.5. The molecule has 3 heterocycles. The first-order chi connectivity index (χ1) is 12.5. The first-order valence-corrected chi connectivity index (χ1v) is 6.98. The summed E-state index contributed by atoms with van der Waals surface area (Å²) >= 11 is 0. The highest BCUT2D eigenvalue weighted by molar-refractivity contribution is 6.06. The number of urea groups is 1. The van der Waals surface area contributed by atoms with E-state index in [0.717, 1.165) is 17.4 Å². The largest absolute Gasteiger partial charge is 0.492 e. The van der Waals surface area contributed by atoms with E-state index < -0.39 is 17.8 Å². The first kappa shape index (κ1) is 16.7. The molecule has 1 aliphatic heterocycles. The van der Waals surface area contributed by atoms with Gasteiger partial charge in [0.05, 0.1) is 6.20 Å². The van der Waals surface area contributed by atoms with E-state index in [-0.39, 0.29) is 35.9 Å². The van der Waals surface area contributed by atoms with Crippen LogP contribution in [0.5, 0.6) is 5.88 Å². The van der Waals surface area contributed by atoms with Gasteiger partial charge in [-0.25, -0.2) is 14.8 Å². The van der Waals surface area contributed by atoms with Gasteiger partial charge in [0.2, 0.25) is 12.3 Å². The lowest BCUT2D eigenvalue weighted by atomic mass is 10.3. The minimum atomic E-state index is -0.831. The molecule has 0 fully saturated rings. The van der Waals surface area contributed by atoms with Crippen molar-refractivity contribution in [1.29, 1.82) is 0 Å². The van der Waals surface area contributed by atoms with E-state index in [1.807, 2.05) is 5.32 Å². The zero-order chi connectivity index (χ0) is 18.7. The number of nitrogens with one attached hydrogen (secondary N) is 1. The van der Waals surface area contributed by atoms with Crippen LogP contribution in [0, 0.1) is 0 Å². The molecule has 4 amide bonds. The molecule has 0 bridgehead atoms. The van der Waals surface area contributed by atoms with Crippen molar-refractivity contribution in [3.8, 4) is 5.88 Å². The highest BCUT2D eigenvalue weighted by Crippen LogP contribution is 2.25. The number of nitrogens with zero attached hydrogens (tertiary/aromatic N) is 9. The molecule has 26 heavy (non-hydrogen) atoms. The lowest BCUT2D eigenvalue weighted by Crippen LogP contribution is -2.44. The number of hydrogen-bond acceptors (Lipinski definition) is 8. The van der Waals surface area contributed by atoms with Crippen molar-refractivity contribution in [2.75, 3.05) is 6.54 Å². The zero-order valence-corrected chi connectivity index (χ0v) is 12.8. The number of rotatable bonds is 6. The molecule has 3 rings (SSSR count). The summed E-state index contributed by atoms with van der Waals surface area (Å²) < 4.78 is 1.34. The molecule has 14 heteroatoms. The maximum absolute atomic E-state index is 11.8. The fourth-order valence-electron chi connectivity index (χ4n) is 2.25. The fourth-order valence-corrected chi connectivity index (χ4v) is 2.25. The van der Waals surface area contributed by atoms with E-state index in [1.165, 1.54) is 4.57 Å². The molecule has 1 aliphatic rings. The molecule has 2 aromatic rings. The Bertz CT molecular complexity index is 989. The van der Waals surface area contributed by atoms with E-state index in [0.29, 0.717) is 6.41 Å². The molecule has 2 aromatic heterocycles. The molecule has 0 aliphatic carbocycles. The normalized spacial score (nSPS) is 13.5. The van der Waals surface area contributed by atoms with Crippen LogP contribution in [0.3, 0.4) is 0 Å². The molecule has 14 nitrogen and oxygen atoms in total. The lowest BCUT2D eigenvalue weighted by molar-refractivity contribution is -0.123. The van der Waals surface area contributed by atoms with Gasteiger partial charge in [-0.3, -0.25) is 14.9 Å². The van der Waals surface area contributed by atoms with Crippen LogP contribution in [0.2, 0.25) is 0 Å². The smallest absolute Gasteiger partial charge is 0.347 e. The second kappa shape index (κ2) is 6.74. The SMILES string of the molecule is [N-]=[N+]=Nc1nc2c(O)ncnc2n1CCN(C=O)C1=C[N]C(=O)NC1=O. The molecular formula is C12H9N10O4. The third-order valence-electron chi connectivity index (χ3n) is 3.39. The fraction of sp³-hybridized carbons (Fsp3) is 0.167. The van der Waals surface area contributed by atoms with Gasteiger partial charge in [-0.2, -0.15) is 10.3 Å². The summed E-state index contributed by atoms with van der Waals surface area (Å²) in [6.07, 6.45) is 2.45. The quantitative estimate of drug-likeness (QED) is 0.304. The molecule has 0 saturated heterocycles. The maximum atomic E-state index is 11.8. The third kappa shape index (κ3) is 2.94. The number of aromatic nitrogens is 4. The Morgan fingerprint density at radius 2 is 2.23 bits per heavy atom. The summed E-state index contributed by atoms with van der Waals surface area (Å²) in [6.45, 7) is -0.0464. The predicted molar refractivity (Wildman–Crippen MR) is 82.3 cm³/mol. The van der Waals surface area contributed by atoms with Crippen LogP contribution >= 0.6 is 0 Å². The number of fused-ring (bicyclic) bond motifs is 1. The van der Waals surface area contributed by atoms with Gasteiger partial charge in [0.25, 0.3) is 5.91 Å². The molecule has 0 atom stereocenters. The van der Waals surface area contributed by atoms with Crippen LogP contribution in [0.25, 0.3) is 21.6 Å². The second-order valence-electron chi connectivity index (χ2n) is 4.82. The number of amides is 4. The van der Waals surface area contributed by atoms with Crippen LogP contribution in [0.1, 0.15) is 0 Å². The minimum absolute atomic E-state index is 0.0125. The zero-order valence-electron chi connectivity index (χ0n) is 12.8. The Hall–Kier alpha value is -4.19. The molecule has 0 saturated carbocycles. The predicted octanol–water partition coefficient (Wildman–Crippen LogP) is -0.372. The Kier molecular flexibility index (Phi) is 4.32. The van der Waals surface area contributed by atoms with E-state index >= 15 is 0 Å². The van der Waals surface area contributed by atoms with E-state index in [2.05, 4.69) is 30.3 Å². The Labute approximate surface area is 143 Å². The summed E-state index contributed by atoms with van der Waals surface area (Å²) in [5.74, 6) is -1.28. The van der Waals surface area contributed by atoms with Gasteiger partial charge in [-0.1, -0.05) is 0 Å². The minimum Gasteiger partial charge on any atom is -0.492 e. The van der Waals surface area contributed by atoms with Crippen molar-refractivity contribution >= 4 is 35.5 Å². The molecule has 1 radical (unpaired) electrons. The number of azide groups is 1. The molecular weight excluding hydrogens is 348 g/mol. The van der Waals surface area contributed by atoms with Crippen LogP contribution in [0.15, 0.2) is 23.3 Å².